The molecule has 2 saturated carbocycles. The van der Waals surface area contributed by atoms with Gasteiger partial charge in [-0.1, -0.05) is 0 Å². The summed E-state index contributed by atoms with van der Waals surface area (Å²) in [6.45, 7) is 3.26. The molecule has 3 atom stereocenters. The van der Waals surface area contributed by atoms with Crippen LogP contribution in [0.3, 0.4) is 0 Å². The van der Waals surface area contributed by atoms with E-state index in [2.05, 4.69) is 10.2 Å². The van der Waals surface area contributed by atoms with Gasteiger partial charge in [0.15, 0.2) is 0 Å². The van der Waals surface area contributed by atoms with Crippen molar-refractivity contribution in [1.82, 2.24) is 10.2 Å². The molecule has 3 aliphatic rings. The lowest BCUT2D eigenvalue weighted by Gasteiger charge is -2.15. The molecule has 3 N–H and O–H groups in total. The smallest absolute Gasteiger partial charge is 0.224 e. The highest BCUT2D eigenvalue weighted by Crippen LogP contribution is 2.32. The van der Waals surface area contributed by atoms with E-state index < -0.39 is 0 Å². The maximum atomic E-state index is 11.6. The Morgan fingerprint density at radius 2 is 2.12 bits per heavy atom. The fraction of sp³-hybridized carbons (Fsp3) is 0.917. The number of nitrogens with two attached hydrogens (primary N) is 1. The predicted octanol–water partition coefficient (Wildman–Crippen LogP) is -0.0659. The van der Waals surface area contributed by atoms with Gasteiger partial charge in [-0.15, -0.1) is 0 Å². The van der Waals surface area contributed by atoms with Gasteiger partial charge in [0.05, 0.1) is 5.92 Å². The van der Waals surface area contributed by atoms with E-state index in [9.17, 15) is 4.79 Å². The summed E-state index contributed by atoms with van der Waals surface area (Å²) in [7, 11) is 0. The summed E-state index contributed by atoms with van der Waals surface area (Å²) in [5, 5.41) is 3.05. The summed E-state index contributed by atoms with van der Waals surface area (Å²) in [5.74, 6) is 0.956. The van der Waals surface area contributed by atoms with Gasteiger partial charge in [0.2, 0.25) is 5.91 Å². The molecule has 0 radical (unpaired) electrons. The van der Waals surface area contributed by atoms with E-state index in [1.165, 1.54) is 32.4 Å². The molecule has 16 heavy (non-hydrogen) atoms. The summed E-state index contributed by atoms with van der Waals surface area (Å²) in [6.07, 6.45) is 4.89. The molecule has 2 aliphatic carbocycles. The van der Waals surface area contributed by atoms with Crippen molar-refractivity contribution in [3.63, 3.8) is 0 Å². The highest BCUT2D eigenvalue weighted by Gasteiger charge is 2.40. The van der Waals surface area contributed by atoms with Crippen molar-refractivity contribution in [2.45, 2.75) is 37.8 Å². The van der Waals surface area contributed by atoms with Crippen LogP contribution in [0.4, 0.5) is 0 Å². The van der Waals surface area contributed by atoms with Crippen LogP contribution in [0.15, 0.2) is 0 Å². The summed E-state index contributed by atoms with van der Waals surface area (Å²) >= 11 is 0. The number of hydrogen-bond acceptors (Lipinski definition) is 3. The van der Waals surface area contributed by atoms with Crippen LogP contribution in [0.1, 0.15) is 25.7 Å². The Hall–Kier alpha value is -0.610. The van der Waals surface area contributed by atoms with Crippen LogP contribution in [0.25, 0.3) is 0 Å². The molecule has 4 heteroatoms. The van der Waals surface area contributed by atoms with Gasteiger partial charge in [0, 0.05) is 25.2 Å². The third-order valence-electron chi connectivity index (χ3n) is 4.12. The molecule has 0 aromatic carbocycles. The van der Waals surface area contributed by atoms with Crippen molar-refractivity contribution in [2.24, 2.45) is 17.6 Å². The molecule has 0 bridgehead atoms. The standard InChI is InChI=1S/C12H21N3O/c13-11-5-10(11)12(16)14-6-8-3-4-15(7-8)9-1-2-9/h8-11H,1-7,13H2,(H,14,16). The second-order valence-electron chi connectivity index (χ2n) is 5.63. The molecule has 0 aromatic rings. The van der Waals surface area contributed by atoms with Crippen LogP contribution in [-0.4, -0.2) is 42.5 Å². The summed E-state index contributed by atoms with van der Waals surface area (Å²) in [4.78, 5) is 14.2. The third-order valence-corrected chi connectivity index (χ3v) is 4.12. The van der Waals surface area contributed by atoms with Gasteiger partial charge in [-0.3, -0.25) is 4.79 Å². The molecular weight excluding hydrogens is 202 g/mol. The fourth-order valence-corrected chi connectivity index (χ4v) is 2.69. The van der Waals surface area contributed by atoms with E-state index in [0.717, 1.165) is 19.0 Å². The monoisotopic (exact) mass is 223 g/mol. The average Bonchev–Trinajstić information content (AvgIpc) is 3.18. The van der Waals surface area contributed by atoms with Gasteiger partial charge in [-0.25, -0.2) is 0 Å². The second kappa shape index (κ2) is 4.00. The van der Waals surface area contributed by atoms with Gasteiger partial charge in [-0.2, -0.15) is 0 Å². The van der Waals surface area contributed by atoms with Crippen molar-refractivity contribution in [1.29, 1.82) is 0 Å². The Morgan fingerprint density at radius 1 is 1.38 bits per heavy atom. The Bertz CT molecular complexity index is 290. The topological polar surface area (TPSA) is 58.4 Å². The molecular formula is C12H21N3O. The second-order valence-corrected chi connectivity index (χ2v) is 5.63. The van der Waals surface area contributed by atoms with Gasteiger partial charge in [0.25, 0.3) is 0 Å². The molecule has 4 nitrogen and oxygen atoms in total. The number of nitrogens with zero attached hydrogens (tertiary/aromatic N) is 1. The number of likely N-dealkylation sites (tertiary alicyclic amines) is 1. The first-order chi connectivity index (χ1) is 7.74. The lowest BCUT2D eigenvalue weighted by Crippen LogP contribution is -2.33. The van der Waals surface area contributed by atoms with E-state index in [-0.39, 0.29) is 17.9 Å². The third kappa shape index (κ3) is 2.23. The molecule has 1 heterocycles. The maximum Gasteiger partial charge on any atom is 0.224 e. The minimum absolute atomic E-state index is 0.112. The van der Waals surface area contributed by atoms with E-state index in [0.29, 0.717) is 5.92 Å². The zero-order chi connectivity index (χ0) is 11.1. The maximum absolute atomic E-state index is 11.6. The molecule has 90 valence electrons. The van der Waals surface area contributed by atoms with E-state index in [1.54, 1.807) is 0 Å². The van der Waals surface area contributed by atoms with Gasteiger partial charge < -0.3 is 16.0 Å². The zero-order valence-corrected chi connectivity index (χ0v) is 9.69. The van der Waals surface area contributed by atoms with Crippen LogP contribution < -0.4 is 11.1 Å². The number of hydrogen-bond donors (Lipinski definition) is 2. The highest BCUT2D eigenvalue weighted by atomic mass is 16.2. The Kier molecular flexibility index (Phi) is 2.64. The van der Waals surface area contributed by atoms with Crippen LogP contribution in [0.2, 0.25) is 0 Å². The molecule has 1 aliphatic heterocycles. The zero-order valence-electron chi connectivity index (χ0n) is 9.69. The first-order valence-electron chi connectivity index (χ1n) is 6.51. The number of carbonyl (C=O) groups is 1. The minimum atomic E-state index is 0.112. The van der Waals surface area contributed by atoms with E-state index >= 15 is 0 Å². The van der Waals surface area contributed by atoms with Crippen LogP contribution in [0, 0.1) is 11.8 Å². The Labute approximate surface area is 96.5 Å². The quantitative estimate of drug-likeness (QED) is 0.701. The first kappa shape index (κ1) is 10.5. The van der Waals surface area contributed by atoms with Crippen molar-refractivity contribution in [3.05, 3.63) is 0 Å². The lowest BCUT2D eigenvalue weighted by molar-refractivity contribution is -0.122. The van der Waals surface area contributed by atoms with E-state index in [1.807, 2.05) is 0 Å². The lowest BCUT2D eigenvalue weighted by atomic mass is 10.1. The van der Waals surface area contributed by atoms with E-state index in [4.69, 9.17) is 5.73 Å². The van der Waals surface area contributed by atoms with Crippen LogP contribution in [0.5, 0.6) is 0 Å². The number of amides is 1. The van der Waals surface area contributed by atoms with Gasteiger partial charge in [0.1, 0.15) is 0 Å². The Morgan fingerprint density at radius 3 is 2.75 bits per heavy atom. The van der Waals surface area contributed by atoms with Crippen molar-refractivity contribution >= 4 is 5.91 Å². The molecule has 3 fully saturated rings. The van der Waals surface area contributed by atoms with Crippen molar-refractivity contribution in [3.8, 4) is 0 Å². The number of carbonyl (C=O) groups excluding carboxylic acids is 1. The summed E-state index contributed by atoms with van der Waals surface area (Å²) in [6, 6.07) is 1.00. The molecule has 1 amide bonds. The number of nitrogens with one attached hydrogen (secondary N) is 1. The molecule has 1 saturated heterocycles. The predicted molar refractivity (Wildman–Crippen MR) is 61.8 cm³/mol. The van der Waals surface area contributed by atoms with Gasteiger partial charge >= 0.3 is 0 Å². The fourth-order valence-electron chi connectivity index (χ4n) is 2.69. The summed E-state index contributed by atoms with van der Waals surface area (Å²) < 4.78 is 0. The number of rotatable bonds is 4. The van der Waals surface area contributed by atoms with Crippen LogP contribution in [-0.2, 0) is 4.79 Å². The molecule has 0 aromatic heterocycles. The molecule has 3 rings (SSSR count). The van der Waals surface area contributed by atoms with Gasteiger partial charge in [-0.05, 0) is 38.1 Å². The Balaban J connectivity index is 1.37. The molecule has 0 spiro atoms. The first-order valence-corrected chi connectivity index (χ1v) is 6.51. The molecule has 3 unspecified atom stereocenters. The average molecular weight is 223 g/mol. The van der Waals surface area contributed by atoms with Crippen LogP contribution >= 0.6 is 0 Å². The summed E-state index contributed by atoms with van der Waals surface area (Å²) in [5.41, 5.74) is 5.65. The van der Waals surface area contributed by atoms with Crippen molar-refractivity contribution < 1.29 is 4.79 Å². The normalized spacial score (nSPS) is 38.7. The largest absolute Gasteiger partial charge is 0.355 e. The van der Waals surface area contributed by atoms with Crippen molar-refractivity contribution in [2.75, 3.05) is 19.6 Å². The SMILES string of the molecule is NC1CC1C(=O)NCC1CCN(C2CC2)C1. The minimum Gasteiger partial charge on any atom is -0.355 e. The highest BCUT2D eigenvalue weighted by molar-refractivity contribution is 5.82.